The summed E-state index contributed by atoms with van der Waals surface area (Å²) in [7, 11) is 4.49. The average molecular weight is 487 g/mol. The van der Waals surface area contributed by atoms with E-state index in [2.05, 4.69) is 5.32 Å². The molecule has 2 aromatic carbocycles. The Morgan fingerprint density at radius 1 is 1.03 bits per heavy atom. The molecule has 10 heteroatoms. The van der Waals surface area contributed by atoms with E-state index in [9.17, 15) is 14.4 Å². The van der Waals surface area contributed by atoms with Gasteiger partial charge in [0.2, 0.25) is 5.75 Å². The van der Waals surface area contributed by atoms with Crippen molar-refractivity contribution in [3.8, 4) is 23.0 Å². The summed E-state index contributed by atoms with van der Waals surface area (Å²) in [6, 6.07) is 10.7. The zero-order valence-corrected chi connectivity index (χ0v) is 20.2. The smallest absolute Gasteiger partial charge is 0.293 e. The SMILES string of the molecule is COc1cc(/C=C2\SC(=O)N(CCNC(=O)COc3ccccc3C)C2=O)cc(OC)c1OC. The van der Waals surface area contributed by atoms with Crippen molar-refractivity contribution in [2.45, 2.75) is 6.92 Å². The normalized spacial score (nSPS) is 14.4. The van der Waals surface area contributed by atoms with Crippen LogP contribution in [0.4, 0.5) is 4.79 Å². The lowest BCUT2D eigenvalue weighted by Crippen LogP contribution is -2.38. The van der Waals surface area contributed by atoms with Crippen LogP contribution < -0.4 is 24.3 Å². The van der Waals surface area contributed by atoms with E-state index >= 15 is 0 Å². The third kappa shape index (κ3) is 5.82. The van der Waals surface area contributed by atoms with Crippen molar-refractivity contribution in [1.29, 1.82) is 0 Å². The summed E-state index contributed by atoms with van der Waals surface area (Å²) in [5.41, 5.74) is 1.54. The second kappa shape index (κ2) is 11.5. The lowest BCUT2D eigenvalue weighted by molar-refractivity contribution is -0.125. The zero-order valence-electron chi connectivity index (χ0n) is 19.4. The average Bonchev–Trinajstić information content (AvgIpc) is 3.10. The van der Waals surface area contributed by atoms with Crippen molar-refractivity contribution >= 4 is 34.9 Å². The van der Waals surface area contributed by atoms with Gasteiger partial charge in [-0.3, -0.25) is 19.3 Å². The van der Waals surface area contributed by atoms with Gasteiger partial charge in [0.15, 0.2) is 18.1 Å². The third-order valence-electron chi connectivity index (χ3n) is 4.97. The minimum atomic E-state index is -0.436. The number of benzene rings is 2. The highest BCUT2D eigenvalue weighted by molar-refractivity contribution is 8.18. The molecule has 1 aliphatic heterocycles. The van der Waals surface area contributed by atoms with E-state index in [-0.39, 0.29) is 30.5 Å². The fraction of sp³-hybridized carbons (Fsp3) is 0.292. The van der Waals surface area contributed by atoms with Crippen molar-refractivity contribution in [1.82, 2.24) is 10.2 Å². The number of carbonyl (C=O) groups excluding carboxylic acids is 3. The monoisotopic (exact) mass is 486 g/mol. The summed E-state index contributed by atoms with van der Waals surface area (Å²) in [4.78, 5) is 38.6. The van der Waals surface area contributed by atoms with Crippen LogP contribution in [0.2, 0.25) is 0 Å². The zero-order chi connectivity index (χ0) is 24.7. The molecular formula is C24H26N2O7S. The van der Waals surface area contributed by atoms with Gasteiger partial charge in [-0.05, 0) is 54.1 Å². The summed E-state index contributed by atoms with van der Waals surface area (Å²) in [5, 5.41) is 2.25. The molecular weight excluding hydrogens is 460 g/mol. The number of aryl methyl sites for hydroxylation is 1. The fourth-order valence-electron chi connectivity index (χ4n) is 3.25. The predicted octanol–water partition coefficient (Wildman–Crippen LogP) is 3.25. The molecule has 0 aromatic heterocycles. The van der Waals surface area contributed by atoms with Crippen molar-refractivity contribution < 1.29 is 33.3 Å². The Hall–Kier alpha value is -3.66. The van der Waals surface area contributed by atoms with Crippen LogP contribution in [0.15, 0.2) is 41.3 Å². The van der Waals surface area contributed by atoms with Gasteiger partial charge in [0.1, 0.15) is 5.75 Å². The van der Waals surface area contributed by atoms with Gasteiger partial charge >= 0.3 is 0 Å². The molecule has 0 unspecified atom stereocenters. The van der Waals surface area contributed by atoms with Crippen LogP contribution >= 0.6 is 11.8 Å². The number of nitrogens with one attached hydrogen (secondary N) is 1. The molecule has 0 atom stereocenters. The highest BCUT2D eigenvalue weighted by atomic mass is 32.2. The lowest BCUT2D eigenvalue weighted by Gasteiger charge is -2.14. The first-order valence-corrected chi connectivity index (χ1v) is 11.2. The summed E-state index contributed by atoms with van der Waals surface area (Å²) >= 11 is 0.830. The Morgan fingerprint density at radius 3 is 2.32 bits per heavy atom. The summed E-state index contributed by atoms with van der Waals surface area (Å²) in [6.45, 7) is 1.89. The van der Waals surface area contributed by atoms with Crippen LogP contribution in [0, 0.1) is 6.92 Å². The van der Waals surface area contributed by atoms with E-state index in [1.165, 1.54) is 21.3 Å². The number of carbonyl (C=O) groups is 3. The van der Waals surface area contributed by atoms with Crippen LogP contribution in [0.1, 0.15) is 11.1 Å². The number of nitrogens with zero attached hydrogens (tertiary/aromatic N) is 1. The van der Waals surface area contributed by atoms with Gasteiger partial charge in [0.05, 0.1) is 26.2 Å². The maximum Gasteiger partial charge on any atom is 0.293 e. The van der Waals surface area contributed by atoms with Crippen LogP contribution in [-0.4, -0.2) is 63.0 Å². The van der Waals surface area contributed by atoms with Gasteiger partial charge in [0.25, 0.3) is 17.1 Å². The number of imide groups is 1. The molecule has 3 rings (SSSR count). The molecule has 0 aliphatic carbocycles. The molecule has 34 heavy (non-hydrogen) atoms. The number of hydrogen-bond acceptors (Lipinski definition) is 8. The van der Waals surface area contributed by atoms with Crippen LogP contribution in [-0.2, 0) is 9.59 Å². The molecule has 2 aromatic rings. The van der Waals surface area contributed by atoms with Gasteiger partial charge < -0.3 is 24.3 Å². The largest absolute Gasteiger partial charge is 0.493 e. The van der Waals surface area contributed by atoms with E-state index in [1.807, 2.05) is 25.1 Å². The van der Waals surface area contributed by atoms with Gasteiger partial charge in [-0.15, -0.1) is 0 Å². The summed E-state index contributed by atoms with van der Waals surface area (Å²) in [5.74, 6) is 1.14. The fourth-order valence-corrected chi connectivity index (χ4v) is 4.11. The van der Waals surface area contributed by atoms with E-state index in [0.29, 0.717) is 28.6 Å². The van der Waals surface area contributed by atoms with Crippen LogP contribution in [0.5, 0.6) is 23.0 Å². The molecule has 1 fully saturated rings. The van der Waals surface area contributed by atoms with Crippen molar-refractivity contribution in [3.63, 3.8) is 0 Å². The maximum atomic E-state index is 12.8. The van der Waals surface area contributed by atoms with E-state index in [4.69, 9.17) is 18.9 Å². The molecule has 1 heterocycles. The van der Waals surface area contributed by atoms with Gasteiger partial charge in [-0.1, -0.05) is 18.2 Å². The Labute approximate surface area is 202 Å². The van der Waals surface area contributed by atoms with Gasteiger partial charge in [-0.2, -0.15) is 0 Å². The molecule has 180 valence electrons. The third-order valence-corrected chi connectivity index (χ3v) is 5.88. The Bertz CT molecular complexity index is 1090. The van der Waals surface area contributed by atoms with Crippen LogP contribution in [0.25, 0.3) is 6.08 Å². The maximum absolute atomic E-state index is 12.8. The molecule has 1 saturated heterocycles. The molecule has 9 nitrogen and oxygen atoms in total. The second-order valence-electron chi connectivity index (χ2n) is 7.20. The number of methoxy groups -OCH3 is 3. The van der Waals surface area contributed by atoms with Crippen molar-refractivity contribution in [2.24, 2.45) is 0 Å². The summed E-state index contributed by atoms with van der Waals surface area (Å²) in [6.07, 6.45) is 1.59. The topological polar surface area (TPSA) is 103 Å². The Balaban J connectivity index is 1.59. The molecule has 0 bridgehead atoms. The number of para-hydroxylation sites is 1. The first-order valence-electron chi connectivity index (χ1n) is 10.4. The Kier molecular flexibility index (Phi) is 8.42. The van der Waals surface area contributed by atoms with Crippen molar-refractivity contribution in [2.75, 3.05) is 41.0 Å². The van der Waals surface area contributed by atoms with E-state index < -0.39 is 11.1 Å². The molecule has 1 N–H and O–H groups in total. The summed E-state index contributed by atoms with van der Waals surface area (Å²) < 4.78 is 21.5. The predicted molar refractivity (Wildman–Crippen MR) is 128 cm³/mol. The van der Waals surface area contributed by atoms with Crippen LogP contribution in [0.3, 0.4) is 0 Å². The quantitative estimate of drug-likeness (QED) is 0.511. The first kappa shape index (κ1) is 25.0. The molecule has 3 amide bonds. The van der Waals surface area contributed by atoms with Crippen molar-refractivity contribution in [3.05, 3.63) is 52.4 Å². The first-order chi connectivity index (χ1) is 16.4. The molecule has 1 aliphatic rings. The number of rotatable bonds is 10. The molecule has 0 saturated carbocycles. The minimum Gasteiger partial charge on any atom is -0.493 e. The number of thioether (sulfide) groups is 1. The number of hydrogen-bond donors (Lipinski definition) is 1. The standard InChI is InChI=1S/C24H26N2O7S/c1-15-7-5-6-8-17(15)33-14-21(27)25-9-10-26-23(28)20(34-24(26)29)13-16-11-18(30-2)22(32-4)19(12-16)31-3/h5-8,11-13H,9-10,14H2,1-4H3,(H,25,27)/b20-13-. The molecule has 0 spiro atoms. The minimum absolute atomic E-state index is 0.0490. The highest BCUT2D eigenvalue weighted by Gasteiger charge is 2.34. The number of amides is 3. The van der Waals surface area contributed by atoms with Gasteiger partial charge in [-0.25, -0.2) is 0 Å². The van der Waals surface area contributed by atoms with E-state index in [0.717, 1.165) is 22.2 Å². The highest BCUT2D eigenvalue weighted by Crippen LogP contribution is 2.40. The lowest BCUT2D eigenvalue weighted by atomic mass is 10.1. The molecule has 0 radical (unpaired) electrons. The van der Waals surface area contributed by atoms with Gasteiger partial charge in [0, 0.05) is 13.1 Å². The van der Waals surface area contributed by atoms with E-state index in [1.54, 1.807) is 24.3 Å². The second-order valence-corrected chi connectivity index (χ2v) is 8.19. The number of ether oxygens (including phenoxy) is 4. The Morgan fingerprint density at radius 2 is 1.71 bits per heavy atom.